The van der Waals surface area contributed by atoms with Crippen molar-refractivity contribution in [3.63, 3.8) is 0 Å². The first-order chi connectivity index (χ1) is 12.4. The maximum absolute atomic E-state index is 12.0. The molecule has 0 amide bonds. The highest BCUT2D eigenvalue weighted by atomic mass is 16.4. The third-order valence-corrected chi connectivity index (χ3v) is 4.10. The molecule has 0 aromatic heterocycles. The lowest BCUT2D eigenvalue weighted by atomic mass is 9.76. The Hall–Kier alpha value is -3.01. The smallest absolute Gasteiger partial charge is 0.318 e. The van der Waals surface area contributed by atoms with Crippen molar-refractivity contribution in [3.05, 3.63) is 70.8 Å². The molecule has 2 aromatic carbocycles. The van der Waals surface area contributed by atoms with Gasteiger partial charge in [-0.05, 0) is 35.7 Å². The summed E-state index contributed by atoms with van der Waals surface area (Å²) in [6.45, 7) is 4.36. The Labute approximate surface area is 156 Å². The van der Waals surface area contributed by atoms with Crippen LogP contribution in [0, 0.1) is 24.7 Å². The minimum absolute atomic E-state index is 0.533. The molecule has 3 heteroatoms. The lowest BCUT2D eigenvalue weighted by Crippen LogP contribution is -2.33. The van der Waals surface area contributed by atoms with Crippen molar-refractivity contribution >= 4 is 5.97 Å². The standard InChI is InChI=1S/C21H18O2.C2H7N/c1-4-6-16-8-12-18(13-9-16)21(3,20(22)23)19-14-10-17(7-5-2)11-15-19;1-2-3/h1-2,8-15H,6-7H2,3H3,(H,22,23);2-3H2,1H3. The van der Waals surface area contributed by atoms with Crippen molar-refractivity contribution in [1.82, 2.24) is 0 Å². The van der Waals surface area contributed by atoms with Gasteiger partial charge in [0, 0.05) is 12.8 Å². The van der Waals surface area contributed by atoms with E-state index in [1.807, 2.05) is 55.5 Å². The van der Waals surface area contributed by atoms with Crippen LogP contribution in [0.2, 0.25) is 0 Å². The second kappa shape index (κ2) is 10.1. The molecule has 26 heavy (non-hydrogen) atoms. The van der Waals surface area contributed by atoms with Crippen LogP contribution >= 0.6 is 0 Å². The SMILES string of the molecule is C#CCc1ccc(C(C)(C(=O)O)c2ccc(CC#C)cc2)cc1.CCN. The second-order valence-corrected chi connectivity index (χ2v) is 5.99. The van der Waals surface area contributed by atoms with E-state index in [1.165, 1.54) is 0 Å². The van der Waals surface area contributed by atoms with Gasteiger partial charge in [0.1, 0.15) is 5.41 Å². The third-order valence-electron chi connectivity index (χ3n) is 4.10. The maximum atomic E-state index is 12.0. The number of aliphatic carboxylic acids is 1. The average molecular weight is 347 g/mol. The zero-order chi connectivity index (χ0) is 19.6. The molecule has 0 heterocycles. The fraction of sp³-hybridized carbons (Fsp3) is 0.261. The molecular weight excluding hydrogens is 322 g/mol. The van der Waals surface area contributed by atoms with Gasteiger partial charge in [-0.3, -0.25) is 4.79 Å². The van der Waals surface area contributed by atoms with Crippen molar-refractivity contribution in [3.8, 4) is 24.7 Å². The summed E-state index contributed by atoms with van der Waals surface area (Å²) in [5, 5.41) is 9.82. The summed E-state index contributed by atoms with van der Waals surface area (Å²) in [5.74, 6) is 4.27. The Balaban J connectivity index is 0.00000105. The van der Waals surface area contributed by atoms with Crippen molar-refractivity contribution in [2.45, 2.75) is 32.1 Å². The van der Waals surface area contributed by atoms with E-state index in [4.69, 9.17) is 18.6 Å². The summed E-state index contributed by atoms with van der Waals surface area (Å²) in [4.78, 5) is 12.0. The average Bonchev–Trinajstić information content (AvgIpc) is 2.63. The minimum atomic E-state index is -1.12. The van der Waals surface area contributed by atoms with Gasteiger partial charge < -0.3 is 10.8 Å². The van der Waals surface area contributed by atoms with Gasteiger partial charge in [0.05, 0.1) is 0 Å². The van der Waals surface area contributed by atoms with E-state index >= 15 is 0 Å². The Bertz CT molecular complexity index is 731. The summed E-state index contributed by atoms with van der Waals surface area (Å²) in [6, 6.07) is 14.8. The van der Waals surface area contributed by atoms with Crippen molar-refractivity contribution in [1.29, 1.82) is 0 Å². The molecule has 0 unspecified atom stereocenters. The Kier molecular flexibility index (Phi) is 8.16. The zero-order valence-corrected chi connectivity index (χ0v) is 15.3. The number of nitrogens with two attached hydrogens (primary N) is 1. The van der Waals surface area contributed by atoms with Gasteiger partial charge in [-0.25, -0.2) is 0 Å². The van der Waals surface area contributed by atoms with Crippen LogP contribution in [0.1, 0.15) is 36.1 Å². The van der Waals surface area contributed by atoms with Gasteiger partial charge in [0.25, 0.3) is 0 Å². The highest BCUT2D eigenvalue weighted by molar-refractivity contribution is 5.85. The minimum Gasteiger partial charge on any atom is -0.480 e. The number of carboxylic acid groups (broad SMARTS) is 1. The molecule has 0 saturated carbocycles. The van der Waals surface area contributed by atoms with E-state index < -0.39 is 11.4 Å². The Morgan fingerprint density at radius 2 is 1.27 bits per heavy atom. The highest BCUT2D eigenvalue weighted by Crippen LogP contribution is 2.33. The van der Waals surface area contributed by atoms with Gasteiger partial charge in [-0.2, -0.15) is 0 Å². The van der Waals surface area contributed by atoms with Gasteiger partial charge in [0.15, 0.2) is 0 Å². The normalized spacial score (nSPS) is 10.0. The molecule has 0 fully saturated rings. The molecule has 3 N–H and O–H groups in total. The molecule has 0 aliphatic heterocycles. The van der Waals surface area contributed by atoms with Crippen molar-refractivity contribution in [2.75, 3.05) is 6.54 Å². The van der Waals surface area contributed by atoms with E-state index in [2.05, 4.69) is 11.8 Å². The number of terminal acetylenes is 2. The van der Waals surface area contributed by atoms with Crippen LogP contribution in [0.5, 0.6) is 0 Å². The fourth-order valence-corrected chi connectivity index (χ4v) is 2.56. The summed E-state index contributed by atoms with van der Waals surface area (Å²) >= 11 is 0. The monoisotopic (exact) mass is 347 g/mol. The molecule has 0 atom stereocenters. The molecular formula is C23H25NO2. The summed E-state index contributed by atoms with van der Waals surface area (Å²) < 4.78 is 0. The fourth-order valence-electron chi connectivity index (χ4n) is 2.56. The van der Waals surface area contributed by atoms with E-state index in [0.29, 0.717) is 12.8 Å². The molecule has 3 nitrogen and oxygen atoms in total. The topological polar surface area (TPSA) is 63.3 Å². The highest BCUT2D eigenvalue weighted by Gasteiger charge is 2.37. The number of carboxylic acids is 1. The Morgan fingerprint density at radius 1 is 0.962 bits per heavy atom. The lowest BCUT2D eigenvalue weighted by Gasteiger charge is -2.26. The van der Waals surface area contributed by atoms with Gasteiger partial charge in [0.2, 0.25) is 0 Å². The summed E-state index contributed by atoms with van der Waals surface area (Å²) in [6.07, 6.45) is 11.7. The van der Waals surface area contributed by atoms with Crippen LogP contribution in [-0.2, 0) is 23.1 Å². The second-order valence-electron chi connectivity index (χ2n) is 5.99. The van der Waals surface area contributed by atoms with Crippen molar-refractivity contribution in [2.24, 2.45) is 5.73 Å². The quantitative estimate of drug-likeness (QED) is 0.815. The van der Waals surface area contributed by atoms with Gasteiger partial charge in [-0.15, -0.1) is 24.7 Å². The predicted molar refractivity (Wildman–Crippen MR) is 107 cm³/mol. The molecule has 2 rings (SSSR count). The Morgan fingerprint density at radius 3 is 1.50 bits per heavy atom. The van der Waals surface area contributed by atoms with E-state index in [0.717, 1.165) is 28.8 Å². The van der Waals surface area contributed by atoms with E-state index in [9.17, 15) is 9.90 Å². The van der Waals surface area contributed by atoms with Gasteiger partial charge >= 0.3 is 5.97 Å². The predicted octanol–water partition coefficient (Wildman–Crippen LogP) is 3.39. The van der Waals surface area contributed by atoms with Crippen molar-refractivity contribution < 1.29 is 9.90 Å². The van der Waals surface area contributed by atoms with Crippen LogP contribution in [0.25, 0.3) is 0 Å². The van der Waals surface area contributed by atoms with Crippen LogP contribution in [0.4, 0.5) is 0 Å². The number of hydrogen-bond acceptors (Lipinski definition) is 2. The molecule has 0 saturated heterocycles. The number of hydrogen-bond donors (Lipinski definition) is 2. The largest absolute Gasteiger partial charge is 0.480 e. The molecule has 0 aliphatic rings. The molecule has 134 valence electrons. The molecule has 0 aliphatic carbocycles. The zero-order valence-electron chi connectivity index (χ0n) is 15.3. The van der Waals surface area contributed by atoms with Crippen LogP contribution < -0.4 is 5.73 Å². The lowest BCUT2D eigenvalue weighted by molar-refractivity contribution is -0.141. The van der Waals surface area contributed by atoms with E-state index in [-0.39, 0.29) is 0 Å². The number of rotatable bonds is 5. The number of benzene rings is 2. The summed E-state index contributed by atoms with van der Waals surface area (Å²) in [5.41, 5.74) is 7.15. The number of carbonyl (C=O) groups is 1. The molecule has 2 aromatic rings. The van der Waals surface area contributed by atoms with Crippen LogP contribution in [0.3, 0.4) is 0 Å². The summed E-state index contributed by atoms with van der Waals surface area (Å²) in [7, 11) is 0. The molecule has 0 spiro atoms. The molecule has 0 bridgehead atoms. The first-order valence-electron chi connectivity index (χ1n) is 8.43. The first kappa shape index (κ1) is 21.0. The maximum Gasteiger partial charge on any atom is 0.318 e. The van der Waals surface area contributed by atoms with Gasteiger partial charge in [-0.1, -0.05) is 55.5 Å². The third kappa shape index (κ3) is 4.99. The van der Waals surface area contributed by atoms with Crippen LogP contribution in [-0.4, -0.2) is 17.6 Å². The first-order valence-corrected chi connectivity index (χ1v) is 8.43. The molecule has 0 radical (unpaired) electrons. The van der Waals surface area contributed by atoms with Crippen LogP contribution in [0.15, 0.2) is 48.5 Å². The van der Waals surface area contributed by atoms with E-state index in [1.54, 1.807) is 6.92 Å².